The van der Waals surface area contributed by atoms with Gasteiger partial charge in [-0.1, -0.05) is 24.3 Å². The highest BCUT2D eigenvalue weighted by atomic mass is 16.5. The van der Waals surface area contributed by atoms with Crippen molar-refractivity contribution < 1.29 is 33.8 Å². The number of para-hydroxylation sites is 1. The number of aliphatic carboxylic acids is 1. The summed E-state index contributed by atoms with van der Waals surface area (Å²) in [5.74, 6) is -1.84. The monoisotopic (exact) mass is 556 g/mol. The highest BCUT2D eigenvalue weighted by molar-refractivity contribution is 6.01. The standard InChI is InChI=1S/C27H36N6O7/c1-17-7-4-5-8-20(17)30-26(38)31-21-10-9-18(14-23(21)40-3)13-19(34)16-29-11-6-12-33(2)27(39)32-22(25(28)37)15-24(35)36/h4-5,7-10,14,22,29H,6,11-13,15-16H2,1-3H3,(H2,28,37)(H,32,39)(H,35,36)(H2,30,31,38). The number of nitrogens with zero attached hydrogens (tertiary/aromatic N) is 1. The Kier molecular flexibility index (Phi) is 12.4. The summed E-state index contributed by atoms with van der Waals surface area (Å²) in [6.07, 6.45) is 0.0581. The third-order valence-corrected chi connectivity index (χ3v) is 5.84. The molecule has 0 bridgehead atoms. The van der Waals surface area contributed by atoms with Gasteiger partial charge in [0.05, 0.1) is 25.8 Å². The number of carboxylic acids is 1. The van der Waals surface area contributed by atoms with Crippen LogP contribution in [0.1, 0.15) is 24.0 Å². The second-order valence-electron chi connectivity index (χ2n) is 9.10. The van der Waals surface area contributed by atoms with Gasteiger partial charge in [-0.25, -0.2) is 9.59 Å². The Morgan fingerprint density at radius 1 is 1.05 bits per heavy atom. The highest BCUT2D eigenvalue weighted by Gasteiger charge is 2.22. The number of urea groups is 2. The molecule has 7 N–H and O–H groups in total. The van der Waals surface area contributed by atoms with Crippen molar-refractivity contribution in [1.82, 2.24) is 15.5 Å². The second kappa shape index (κ2) is 15.7. The van der Waals surface area contributed by atoms with Crippen LogP contribution in [0.2, 0.25) is 0 Å². The fraction of sp³-hybridized carbons (Fsp3) is 0.370. The number of benzene rings is 2. The van der Waals surface area contributed by atoms with Gasteiger partial charge in [0, 0.05) is 25.7 Å². The van der Waals surface area contributed by atoms with Crippen molar-refractivity contribution in [3.63, 3.8) is 0 Å². The summed E-state index contributed by atoms with van der Waals surface area (Å²) in [4.78, 5) is 60.4. The van der Waals surface area contributed by atoms with Crippen LogP contribution in [0.4, 0.5) is 21.0 Å². The average molecular weight is 557 g/mol. The number of aryl methyl sites for hydroxylation is 1. The third kappa shape index (κ3) is 10.6. The number of Topliss-reactive ketones (excluding diaryl/α,β-unsaturated/α-hetero) is 1. The zero-order valence-electron chi connectivity index (χ0n) is 22.8. The third-order valence-electron chi connectivity index (χ3n) is 5.84. The zero-order chi connectivity index (χ0) is 29.7. The van der Waals surface area contributed by atoms with E-state index in [1.807, 2.05) is 25.1 Å². The fourth-order valence-electron chi connectivity index (χ4n) is 3.66. The molecule has 0 aliphatic rings. The summed E-state index contributed by atoms with van der Waals surface area (Å²) in [6.45, 7) is 2.75. The fourth-order valence-corrected chi connectivity index (χ4v) is 3.66. The average Bonchev–Trinajstić information content (AvgIpc) is 2.89. The molecule has 13 heteroatoms. The number of primary amides is 1. The van der Waals surface area contributed by atoms with E-state index >= 15 is 0 Å². The number of methoxy groups -OCH3 is 1. The van der Waals surface area contributed by atoms with Gasteiger partial charge in [0.25, 0.3) is 0 Å². The summed E-state index contributed by atoms with van der Waals surface area (Å²) < 4.78 is 5.39. The number of amides is 5. The van der Waals surface area contributed by atoms with E-state index in [4.69, 9.17) is 15.6 Å². The number of ketones is 1. The molecule has 0 saturated heterocycles. The predicted octanol–water partition coefficient (Wildman–Crippen LogP) is 1.71. The molecule has 13 nitrogen and oxygen atoms in total. The van der Waals surface area contributed by atoms with Crippen LogP contribution in [-0.2, 0) is 20.8 Å². The Balaban J connectivity index is 1.76. The molecule has 1 atom stereocenters. The molecular weight excluding hydrogens is 520 g/mol. The van der Waals surface area contributed by atoms with Gasteiger partial charge in [-0.05, 0) is 49.2 Å². The van der Waals surface area contributed by atoms with E-state index in [1.165, 1.54) is 19.1 Å². The van der Waals surface area contributed by atoms with E-state index < -0.39 is 36.4 Å². The van der Waals surface area contributed by atoms with Crippen molar-refractivity contribution in [2.45, 2.75) is 32.2 Å². The number of hydrogen-bond acceptors (Lipinski definition) is 7. The largest absolute Gasteiger partial charge is 0.495 e. The van der Waals surface area contributed by atoms with Crippen molar-refractivity contribution in [3.8, 4) is 5.75 Å². The maximum absolute atomic E-state index is 12.4. The Labute approximate surface area is 232 Å². The lowest BCUT2D eigenvalue weighted by molar-refractivity contribution is -0.139. The molecule has 2 aromatic rings. The molecule has 0 heterocycles. The first-order valence-corrected chi connectivity index (χ1v) is 12.6. The van der Waals surface area contributed by atoms with Gasteiger partial charge in [-0.2, -0.15) is 0 Å². The molecule has 40 heavy (non-hydrogen) atoms. The Bertz CT molecular complexity index is 1220. The van der Waals surface area contributed by atoms with Gasteiger partial charge in [-0.3, -0.25) is 14.4 Å². The number of nitrogens with two attached hydrogens (primary N) is 1. The lowest BCUT2D eigenvalue weighted by atomic mass is 10.1. The first kappa shape index (κ1) is 31.6. The molecular formula is C27H36N6O7. The van der Waals surface area contributed by atoms with Crippen LogP contribution in [0.5, 0.6) is 5.75 Å². The van der Waals surface area contributed by atoms with E-state index in [1.54, 1.807) is 24.3 Å². The lowest BCUT2D eigenvalue weighted by Crippen LogP contribution is -2.50. The molecule has 0 aliphatic carbocycles. The minimum atomic E-state index is -1.30. The van der Waals surface area contributed by atoms with Crippen LogP contribution >= 0.6 is 0 Å². The van der Waals surface area contributed by atoms with Crippen molar-refractivity contribution >= 4 is 41.1 Å². The van der Waals surface area contributed by atoms with Crippen LogP contribution in [0, 0.1) is 6.92 Å². The predicted molar refractivity (Wildman–Crippen MR) is 149 cm³/mol. The number of carboxylic acid groups (broad SMARTS) is 1. The molecule has 2 aromatic carbocycles. The molecule has 0 aliphatic heterocycles. The summed E-state index contributed by atoms with van der Waals surface area (Å²) in [6, 6.07) is 10.2. The minimum Gasteiger partial charge on any atom is -0.495 e. The summed E-state index contributed by atoms with van der Waals surface area (Å²) in [5.41, 5.74) is 7.92. The normalized spacial score (nSPS) is 11.2. The van der Waals surface area contributed by atoms with Gasteiger partial charge in [-0.15, -0.1) is 0 Å². The van der Waals surface area contributed by atoms with Crippen molar-refractivity contribution in [2.24, 2.45) is 5.73 Å². The van der Waals surface area contributed by atoms with Crippen LogP contribution in [0.25, 0.3) is 0 Å². The SMILES string of the molecule is COc1cc(CC(=O)CNCCCN(C)C(=O)NC(CC(=O)O)C(N)=O)ccc1NC(=O)Nc1ccccc1C. The van der Waals surface area contributed by atoms with Crippen molar-refractivity contribution in [2.75, 3.05) is 44.4 Å². The maximum atomic E-state index is 12.4. The van der Waals surface area contributed by atoms with Gasteiger partial charge in [0.15, 0.2) is 5.78 Å². The number of ether oxygens (including phenoxy) is 1. The first-order valence-electron chi connectivity index (χ1n) is 12.6. The number of carbonyl (C=O) groups excluding carboxylic acids is 4. The topological polar surface area (TPSA) is 192 Å². The number of hydrogen-bond donors (Lipinski definition) is 6. The van der Waals surface area contributed by atoms with Crippen LogP contribution in [0.3, 0.4) is 0 Å². The van der Waals surface area contributed by atoms with Crippen molar-refractivity contribution in [1.29, 1.82) is 0 Å². The Hall–Kier alpha value is -4.65. The van der Waals surface area contributed by atoms with Crippen LogP contribution < -0.4 is 31.7 Å². The Morgan fingerprint density at radius 2 is 1.75 bits per heavy atom. The number of rotatable bonds is 15. The maximum Gasteiger partial charge on any atom is 0.323 e. The molecule has 216 valence electrons. The van der Waals surface area contributed by atoms with E-state index in [0.717, 1.165) is 11.1 Å². The van der Waals surface area contributed by atoms with Gasteiger partial charge >= 0.3 is 18.0 Å². The zero-order valence-corrected chi connectivity index (χ0v) is 22.8. The smallest absolute Gasteiger partial charge is 0.323 e. The van der Waals surface area contributed by atoms with Gasteiger partial charge < -0.3 is 41.7 Å². The quantitative estimate of drug-likeness (QED) is 0.179. The van der Waals surface area contributed by atoms with Crippen molar-refractivity contribution in [3.05, 3.63) is 53.6 Å². The molecule has 0 saturated carbocycles. The van der Waals surface area contributed by atoms with Crippen LogP contribution in [0.15, 0.2) is 42.5 Å². The van der Waals surface area contributed by atoms with E-state index in [9.17, 15) is 24.0 Å². The van der Waals surface area contributed by atoms with E-state index in [0.29, 0.717) is 36.6 Å². The molecule has 0 aromatic heterocycles. The summed E-state index contributed by atoms with van der Waals surface area (Å²) in [5, 5.41) is 19.7. The van der Waals surface area contributed by atoms with Gasteiger partial charge in [0.2, 0.25) is 5.91 Å². The van der Waals surface area contributed by atoms with Gasteiger partial charge in [0.1, 0.15) is 11.8 Å². The highest BCUT2D eigenvalue weighted by Crippen LogP contribution is 2.26. The lowest BCUT2D eigenvalue weighted by Gasteiger charge is -2.21. The number of nitrogens with one attached hydrogen (secondary N) is 4. The Morgan fingerprint density at radius 3 is 2.40 bits per heavy atom. The van der Waals surface area contributed by atoms with E-state index in [2.05, 4.69) is 21.3 Å². The van der Waals surface area contributed by atoms with E-state index in [-0.39, 0.29) is 18.7 Å². The molecule has 0 fully saturated rings. The number of anilines is 2. The molecule has 1 unspecified atom stereocenters. The molecule has 0 radical (unpaired) electrons. The summed E-state index contributed by atoms with van der Waals surface area (Å²) >= 11 is 0. The number of carbonyl (C=O) groups is 5. The molecule has 2 rings (SSSR count). The minimum absolute atomic E-state index is 0.0656. The first-order chi connectivity index (χ1) is 19.0. The molecule has 0 spiro atoms. The summed E-state index contributed by atoms with van der Waals surface area (Å²) in [7, 11) is 2.97. The molecule has 5 amide bonds. The van der Waals surface area contributed by atoms with Crippen LogP contribution in [-0.4, -0.2) is 79.6 Å². The second-order valence-corrected chi connectivity index (χ2v) is 9.10.